The summed E-state index contributed by atoms with van der Waals surface area (Å²) in [6, 6.07) is 0. The van der Waals surface area contributed by atoms with E-state index in [2.05, 4.69) is 0 Å². The molecular weight excluding hydrogens is 342 g/mol. The maximum Gasteiger partial charge on any atom is 0.248 e. The first-order chi connectivity index (χ1) is 13.0. The van der Waals surface area contributed by atoms with Gasteiger partial charge in [0.15, 0.2) is 0 Å². The number of fused-ring (bicyclic) bond motifs is 2. The number of carbonyl (C=O) groups excluding carboxylic acids is 1. The Balaban J connectivity index is 1.38. The van der Waals surface area contributed by atoms with Crippen LogP contribution in [0.5, 0.6) is 0 Å². The molecule has 0 aromatic carbocycles. The van der Waals surface area contributed by atoms with E-state index in [9.17, 15) is 4.79 Å². The lowest BCUT2D eigenvalue weighted by molar-refractivity contribution is -0.138. The zero-order valence-electron chi connectivity index (χ0n) is 17.3. The van der Waals surface area contributed by atoms with Gasteiger partial charge in [-0.05, 0) is 44.4 Å². The zero-order chi connectivity index (χ0) is 19.3. The summed E-state index contributed by atoms with van der Waals surface area (Å²) in [7, 11) is 0. The van der Waals surface area contributed by atoms with E-state index in [1.807, 2.05) is 13.8 Å². The van der Waals surface area contributed by atoms with E-state index in [0.717, 1.165) is 25.9 Å². The van der Waals surface area contributed by atoms with Crippen LogP contribution in [0.1, 0.15) is 90.9 Å². The van der Waals surface area contributed by atoms with Crippen molar-refractivity contribution < 1.29 is 19.5 Å². The Morgan fingerprint density at radius 1 is 1.04 bits per heavy atom. The quantitative estimate of drug-likeness (QED) is 0.329. The number of nitrogens with one attached hydrogen (secondary N) is 1. The molecule has 27 heavy (non-hydrogen) atoms. The summed E-state index contributed by atoms with van der Waals surface area (Å²) in [5.74, 6) is 0.951. The summed E-state index contributed by atoms with van der Waals surface area (Å²) in [6.07, 6.45) is 15.7. The molecule has 0 unspecified atom stereocenters. The zero-order valence-corrected chi connectivity index (χ0v) is 17.3. The second-order valence-corrected chi connectivity index (χ2v) is 9.64. The molecule has 3 rings (SSSR count). The molecule has 2 heterocycles. The molecule has 156 valence electrons. The smallest absolute Gasteiger partial charge is 0.248 e. The molecule has 2 aliphatic heterocycles. The van der Waals surface area contributed by atoms with Crippen LogP contribution in [0.3, 0.4) is 0 Å². The summed E-state index contributed by atoms with van der Waals surface area (Å²) in [6.45, 7) is 4.67. The number of unbranched alkanes of at least 4 members (excludes halogenated alkanes) is 2. The number of amides is 1. The Morgan fingerprint density at radius 3 is 2.44 bits per heavy atom. The highest BCUT2D eigenvalue weighted by atomic mass is 16.5. The van der Waals surface area contributed by atoms with E-state index >= 15 is 0 Å². The molecule has 5 nitrogen and oxygen atoms in total. The third-order valence-corrected chi connectivity index (χ3v) is 7.22. The van der Waals surface area contributed by atoms with Crippen molar-refractivity contribution in [2.75, 3.05) is 6.61 Å². The SMILES string of the molecule is CC(C)(CCCCC[C@@H]1[C@H](COC2CCCCC2)[C@@H]2CC[C@H]1O2)C(=O)NO. The number of hydroxylamine groups is 1. The lowest BCUT2D eigenvalue weighted by atomic mass is 9.76. The molecular formula is C22H39NO4. The van der Waals surface area contributed by atoms with Crippen LogP contribution in [-0.4, -0.2) is 36.0 Å². The Morgan fingerprint density at radius 2 is 1.74 bits per heavy atom. The van der Waals surface area contributed by atoms with Crippen LogP contribution in [-0.2, 0) is 14.3 Å². The minimum atomic E-state index is -0.499. The van der Waals surface area contributed by atoms with Crippen molar-refractivity contribution in [2.45, 2.75) is 109 Å². The van der Waals surface area contributed by atoms with Gasteiger partial charge in [0.1, 0.15) is 0 Å². The van der Waals surface area contributed by atoms with Gasteiger partial charge in [0, 0.05) is 11.3 Å². The molecule has 5 heteroatoms. The number of hydrogen-bond donors (Lipinski definition) is 2. The van der Waals surface area contributed by atoms with Crippen molar-refractivity contribution in [3.8, 4) is 0 Å². The second-order valence-electron chi connectivity index (χ2n) is 9.64. The molecule has 2 bridgehead atoms. The average molecular weight is 382 g/mol. The minimum Gasteiger partial charge on any atom is -0.378 e. The average Bonchev–Trinajstić information content (AvgIpc) is 3.28. The molecule has 3 aliphatic rings. The number of carbonyl (C=O) groups is 1. The minimum absolute atomic E-state index is 0.288. The maximum absolute atomic E-state index is 11.6. The normalized spacial score (nSPS) is 31.4. The van der Waals surface area contributed by atoms with Gasteiger partial charge in [-0.25, -0.2) is 5.48 Å². The highest BCUT2D eigenvalue weighted by Crippen LogP contribution is 2.46. The third-order valence-electron chi connectivity index (χ3n) is 7.22. The van der Waals surface area contributed by atoms with E-state index in [0.29, 0.717) is 30.1 Å². The second kappa shape index (κ2) is 9.71. The lowest BCUT2D eigenvalue weighted by Gasteiger charge is -2.30. The molecule has 4 atom stereocenters. The van der Waals surface area contributed by atoms with Crippen LogP contribution in [0.25, 0.3) is 0 Å². The van der Waals surface area contributed by atoms with Crippen LogP contribution >= 0.6 is 0 Å². The van der Waals surface area contributed by atoms with Crippen molar-refractivity contribution in [1.82, 2.24) is 5.48 Å². The standard InChI is InChI=1S/C22H39NO4/c1-22(2,21(24)23-25)14-8-4-7-11-17-18(20-13-12-19(17)27-20)15-26-16-9-5-3-6-10-16/h16-20,25H,3-15H2,1-2H3,(H,23,24)/t17-,18+,19-,20+/m1/s1. The summed E-state index contributed by atoms with van der Waals surface area (Å²) < 4.78 is 12.5. The van der Waals surface area contributed by atoms with Crippen molar-refractivity contribution in [3.05, 3.63) is 0 Å². The van der Waals surface area contributed by atoms with Gasteiger partial charge in [0.2, 0.25) is 5.91 Å². The lowest BCUT2D eigenvalue weighted by Crippen LogP contribution is -2.34. The van der Waals surface area contributed by atoms with Crippen LogP contribution in [0, 0.1) is 17.3 Å². The van der Waals surface area contributed by atoms with Gasteiger partial charge in [-0.3, -0.25) is 10.0 Å². The predicted octanol–water partition coefficient (Wildman–Crippen LogP) is 4.61. The molecule has 0 aromatic rings. The van der Waals surface area contributed by atoms with Gasteiger partial charge in [-0.2, -0.15) is 0 Å². The molecule has 3 fully saturated rings. The summed E-state index contributed by atoms with van der Waals surface area (Å²) in [5.41, 5.74) is 1.29. The largest absolute Gasteiger partial charge is 0.378 e. The van der Waals surface area contributed by atoms with Crippen LogP contribution < -0.4 is 5.48 Å². The third kappa shape index (κ3) is 5.45. The Hall–Kier alpha value is -0.650. The summed E-state index contributed by atoms with van der Waals surface area (Å²) >= 11 is 0. The van der Waals surface area contributed by atoms with E-state index in [-0.39, 0.29) is 5.91 Å². The van der Waals surface area contributed by atoms with Gasteiger partial charge < -0.3 is 9.47 Å². The molecule has 2 N–H and O–H groups in total. The molecule has 0 spiro atoms. The van der Waals surface area contributed by atoms with Gasteiger partial charge in [-0.15, -0.1) is 0 Å². The van der Waals surface area contributed by atoms with Gasteiger partial charge >= 0.3 is 0 Å². The summed E-state index contributed by atoms with van der Waals surface area (Å²) in [5, 5.41) is 8.83. The number of ether oxygens (including phenoxy) is 2. The first-order valence-corrected chi connectivity index (χ1v) is 11.2. The first-order valence-electron chi connectivity index (χ1n) is 11.2. The fraction of sp³-hybridized carbons (Fsp3) is 0.955. The Kier molecular flexibility index (Phi) is 7.57. The molecule has 0 aromatic heterocycles. The topological polar surface area (TPSA) is 67.8 Å². The monoisotopic (exact) mass is 381 g/mol. The fourth-order valence-corrected chi connectivity index (χ4v) is 5.37. The number of hydrogen-bond acceptors (Lipinski definition) is 4. The molecule has 2 saturated heterocycles. The molecule has 1 saturated carbocycles. The van der Waals surface area contributed by atoms with Crippen molar-refractivity contribution in [1.29, 1.82) is 0 Å². The fourth-order valence-electron chi connectivity index (χ4n) is 5.37. The Bertz CT molecular complexity index is 475. The van der Waals surface area contributed by atoms with E-state index in [1.165, 1.54) is 57.8 Å². The summed E-state index contributed by atoms with van der Waals surface area (Å²) in [4.78, 5) is 11.6. The van der Waals surface area contributed by atoms with Gasteiger partial charge in [0.05, 0.1) is 24.9 Å². The Labute approximate surface area is 164 Å². The van der Waals surface area contributed by atoms with Crippen LogP contribution in [0.15, 0.2) is 0 Å². The highest BCUT2D eigenvalue weighted by molar-refractivity contribution is 5.80. The first kappa shape index (κ1) is 21.1. The van der Waals surface area contributed by atoms with E-state index in [1.54, 1.807) is 5.48 Å². The maximum atomic E-state index is 11.6. The van der Waals surface area contributed by atoms with Crippen molar-refractivity contribution >= 4 is 5.91 Å². The van der Waals surface area contributed by atoms with Crippen LogP contribution in [0.2, 0.25) is 0 Å². The van der Waals surface area contributed by atoms with Crippen molar-refractivity contribution in [3.63, 3.8) is 0 Å². The van der Waals surface area contributed by atoms with E-state index < -0.39 is 5.41 Å². The molecule has 1 aliphatic carbocycles. The molecule has 0 radical (unpaired) electrons. The molecule has 1 amide bonds. The number of rotatable bonds is 10. The van der Waals surface area contributed by atoms with Gasteiger partial charge in [-0.1, -0.05) is 52.4 Å². The van der Waals surface area contributed by atoms with Crippen LogP contribution in [0.4, 0.5) is 0 Å². The van der Waals surface area contributed by atoms with E-state index in [4.69, 9.17) is 14.7 Å². The van der Waals surface area contributed by atoms with Crippen molar-refractivity contribution in [2.24, 2.45) is 17.3 Å². The highest BCUT2D eigenvalue weighted by Gasteiger charge is 2.48. The van der Waals surface area contributed by atoms with Gasteiger partial charge in [0.25, 0.3) is 0 Å². The predicted molar refractivity (Wildman–Crippen MR) is 104 cm³/mol.